The van der Waals surface area contributed by atoms with Crippen molar-refractivity contribution in [2.24, 2.45) is 0 Å². The Kier molecular flexibility index (Phi) is 13.2. The highest BCUT2D eigenvalue weighted by Gasteiger charge is 2.20. The largest absolute Gasteiger partial charge is 0.393 e. The molecule has 0 bridgehead atoms. The first-order valence-corrected chi connectivity index (χ1v) is 10.6. The average Bonchev–Trinajstić information content (AvgIpc) is 2.46. The van der Waals surface area contributed by atoms with Crippen LogP contribution in [0.1, 0.15) is 97.3 Å². The predicted octanol–water partition coefficient (Wildman–Crippen LogP) is 4.71. The number of hydrogen-bond acceptors (Lipinski definition) is 3. The van der Waals surface area contributed by atoms with Crippen molar-refractivity contribution in [1.82, 2.24) is 0 Å². The highest BCUT2D eigenvalue weighted by Crippen LogP contribution is 2.17. The standard InChI is InChI=1S/C17H36O4S/c1-3-13-17(22(19,20)21)15-12-10-8-6-5-7-9-11-14-16(18)4-2/h16-18H,3-15H2,1-2H3,(H,19,20,21). The van der Waals surface area contributed by atoms with Gasteiger partial charge in [0.15, 0.2) is 0 Å². The van der Waals surface area contributed by atoms with Crippen molar-refractivity contribution in [2.45, 2.75) is 109 Å². The second kappa shape index (κ2) is 13.3. The van der Waals surface area contributed by atoms with Gasteiger partial charge in [-0.25, -0.2) is 0 Å². The zero-order valence-corrected chi connectivity index (χ0v) is 15.3. The van der Waals surface area contributed by atoms with Gasteiger partial charge in [-0.1, -0.05) is 71.6 Å². The maximum atomic E-state index is 11.2. The second-order valence-electron chi connectivity index (χ2n) is 6.39. The van der Waals surface area contributed by atoms with Crippen LogP contribution in [0.2, 0.25) is 0 Å². The van der Waals surface area contributed by atoms with E-state index in [0.717, 1.165) is 44.9 Å². The van der Waals surface area contributed by atoms with Gasteiger partial charge in [0.25, 0.3) is 10.1 Å². The highest BCUT2D eigenvalue weighted by molar-refractivity contribution is 7.86. The maximum Gasteiger partial charge on any atom is 0.267 e. The molecule has 5 heteroatoms. The minimum Gasteiger partial charge on any atom is -0.393 e. The van der Waals surface area contributed by atoms with Crippen molar-refractivity contribution in [3.63, 3.8) is 0 Å². The Morgan fingerprint density at radius 1 is 0.773 bits per heavy atom. The quantitative estimate of drug-likeness (QED) is 0.335. The molecular weight excluding hydrogens is 300 g/mol. The number of aliphatic hydroxyl groups excluding tert-OH is 1. The first kappa shape index (κ1) is 21.9. The topological polar surface area (TPSA) is 74.6 Å². The summed E-state index contributed by atoms with van der Waals surface area (Å²) < 4.78 is 31.5. The van der Waals surface area contributed by atoms with Crippen molar-refractivity contribution in [3.8, 4) is 0 Å². The molecule has 2 atom stereocenters. The van der Waals surface area contributed by atoms with E-state index >= 15 is 0 Å². The number of aliphatic hydroxyl groups is 1. The van der Waals surface area contributed by atoms with Gasteiger partial charge in [-0.2, -0.15) is 8.42 Å². The third kappa shape index (κ3) is 12.4. The summed E-state index contributed by atoms with van der Waals surface area (Å²) in [6.45, 7) is 3.95. The van der Waals surface area contributed by atoms with Gasteiger partial charge in [-0.05, 0) is 25.7 Å². The van der Waals surface area contributed by atoms with Crippen molar-refractivity contribution in [3.05, 3.63) is 0 Å². The molecule has 134 valence electrons. The molecule has 2 N–H and O–H groups in total. The molecule has 0 rings (SSSR count). The van der Waals surface area contributed by atoms with Crippen LogP contribution in [-0.4, -0.2) is 29.4 Å². The summed E-state index contributed by atoms with van der Waals surface area (Å²) >= 11 is 0. The first-order valence-electron chi connectivity index (χ1n) is 9.06. The second-order valence-corrected chi connectivity index (χ2v) is 8.09. The van der Waals surface area contributed by atoms with E-state index in [-0.39, 0.29) is 6.10 Å². The zero-order chi connectivity index (χ0) is 16.8. The van der Waals surface area contributed by atoms with Gasteiger partial charge in [0.2, 0.25) is 0 Å². The average molecular weight is 337 g/mol. The van der Waals surface area contributed by atoms with Crippen LogP contribution in [0.25, 0.3) is 0 Å². The van der Waals surface area contributed by atoms with Crippen LogP contribution in [0, 0.1) is 0 Å². The lowest BCUT2D eigenvalue weighted by molar-refractivity contribution is 0.156. The van der Waals surface area contributed by atoms with Gasteiger partial charge in [-0.15, -0.1) is 0 Å². The lowest BCUT2D eigenvalue weighted by Gasteiger charge is -2.12. The van der Waals surface area contributed by atoms with Crippen LogP contribution in [0.15, 0.2) is 0 Å². The van der Waals surface area contributed by atoms with Crippen molar-refractivity contribution in [2.75, 3.05) is 0 Å². The van der Waals surface area contributed by atoms with Gasteiger partial charge in [0.05, 0.1) is 11.4 Å². The summed E-state index contributed by atoms with van der Waals surface area (Å²) in [6.07, 6.45) is 12.6. The molecule has 0 aromatic rings. The Labute approximate surface area is 137 Å². The Balaban J connectivity index is 3.46. The lowest BCUT2D eigenvalue weighted by Crippen LogP contribution is -2.20. The predicted molar refractivity (Wildman–Crippen MR) is 92.7 cm³/mol. The van der Waals surface area contributed by atoms with Gasteiger partial charge < -0.3 is 5.11 Å². The Bertz CT molecular complexity index is 341. The molecule has 0 aliphatic rings. The summed E-state index contributed by atoms with van der Waals surface area (Å²) in [4.78, 5) is 0. The summed E-state index contributed by atoms with van der Waals surface area (Å²) in [7, 11) is -3.86. The monoisotopic (exact) mass is 336 g/mol. The minimum absolute atomic E-state index is 0.126. The van der Waals surface area contributed by atoms with E-state index in [9.17, 15) is 13.5 Å². The van der Waals surface area contributed by atoms with E-state index in [0.29, 0.717) is 12.8 Å². The molecule has 0 fully saturated rings. The molecule has 22 heavy (non-hydrogen) atoms. The zero-order valence-electron chi connectivity index (χ0n) is 14.5. The van der Waals surface area contributed by atoms with Crippen molar-refractivity contribution >= 4 is 10.1 Å². The molecular formula is C17H36O4S. The lowest BCUT2D eigenvalue weighted by atomic mass is 10.0. The molecule has 0 amide bonds. The summed E-state index contributed by atoms with van der Waals surface area (Å²) in [6, 6.07) is 0. The fourth-order valence-corrected chi connectivity index (χ4v) is 3.78. The molecule has 0 aromatic carbocycles. The molecule has 0 spiro atoms. The summed E-state index contributed by atoms with van der Waals surface area (Å²) in [5.74, 6) is 0. The van der Waals surface area contributed by atoms with Crippen LogP contribution >= 0.6 is 0 Å². The van der Waals surface area contributed by atoms with Crippen molar-refractivity contribution < 1.29 is 18.1 Å². The van der Waals surface area contributed by atoms with Crippen LogP contribution < -0.4 is 0 Å². The van der Waals surface area contributed by atoms with E-state index in [2.05, 4.69) is 0 Å². The molecule has 2 unspecified atom stereocenters. The fraction of sp³-hybridized carbons (Fsp3) is 1.00. The van der Waals surface area contributed by atoms with Crippen LogP contribution in [0.5, 0.6) is 0 Å². The van der Waals surface area contributed by atoms with E-state index < -0.39 is 15.4 Å². The SMILES string of the molecule is CCCC(CCCCCCCCCCC(O)CC)S(=O)(=O)O. The Hall–Kier alpha value is -0.130. The number of rotatable bonds is 15. The molecule has 0 saturated carbocycles. The molecule has 0 heterocycles. The van der Waals surface area contributed by atoms with E-state index in [1.54, 1.807) is 0 Å². The van der Waals surface area contributed by atoms with E-state index in [4.69, 9.17) is 4.55 Å². The summed E-state index contributed by atoms with van der Waals surface area (Å²) in [5, 5.41) is 8.87. The van der Waals surface area contributed by atoms with Gasteiger partial charge in [0.1, 0.15) is 0 Å². The van der Waals surface area contributed by atoms with E-state index in [1.165, 1.54) is 25.7 Å². The first-order chi connectivity index (χ1) is 10.4. The Morgan fingerprint density at radius 3 is 1.64 bits per heavy atom. The van der Waals surface area contributed by atoms with Crippen LogP contribution in [0.3, 0.4) is 0 Å². The molecule has 0 aliphatic carbocycles. The smallest absolute Gasteiger partial charge is 0.267 e. The maximum absolute atomic E-state index is 11.2. The highest BCUT2D eigenvalue weighted by atomic mass is 32.2. The molecule has 0 aromatic heterocycles. The third-order valence-corrected chi connectivity index (χ3v) is 5.63. The molecule has 0 saturated heterocycles. The number of unbranched alkanes of at least 4 members (excludes halogenated alkanes) is 7. The normalized spacial score (nSPS) is 14.9. The summed E-state index contributed by atoms with van der Waals surface area (Å²) in [5.41, 5.74) is 0. The number of hydrogen-bond donors (Lipinski definition) is 2. The van der Waals surface area contributed by atoms with Crippen LogP contribution in [0.4, 0.5) is 0 Å². The minimum atomic E-state index is -3.86. The van der Waals surface area contributed by atoms with Crippen LogP contribution in [-0.2, 0) is 10.1 Å². The third-order valence-electron chi connectivity index (χ3n) is 4.32. The van der Waals surface area contributed by atoms with Gasteiger partial charge >= 0.3 is 0 Å². The van der Waals surface area contributed by atoms with E-state index in [1.807, 2.05) is 13.8 Å². The molecule has 0 radical (unpaired) electrons. The van der Waals surface area contributed by atoms with Gasteiger partial charge in [-0.3, -0.25) is 4.55 Å². The van der Waals surface area contributed by atoms with Gasteiger partial charge in [0, 0.05) is 0 Å². The fourth-order valence-electron chi connectivity index (χ4n) is 2.78. The Morgan fingerprint density at radius 2 is 1.23 bits per heavy atom. The molecule has 0 aliphatic heterocycles. The van der Waals surface area contributed by atoms with Crippen molar-refractivity contribution in [1.29, 1.82) is 0 Å². The molecule has 4 nitrogen and oxygen atoms in total.